The number of aromatic amines is 1. The van der Waals surface area contributed by atoms with Gasteiger partial charge in [0.15, 0.2) is 0 Å². The maximum absolute atomic E-state index is 11.6. The zero-order valence-electron chi connectivity index (χ0n) is 9.25. The molecular weight excluding hydrogens is 228 g/mol. The molecule has 0 spiro atoms. The maximum Gasteiger partial charge on any atom is 0.271 e. The van der Waals surface area contributed by atoms with E-state index in [0.29, 0.717) is 12.2 Å². The maximum atomic E-state index is 11.6. The Morgan fingerprint density at radius 1 is 1.69 bits per heavy atom. The monoisotopic (exact) mass is 244 g/mol. The summed E-state index contributed by atoms with van der Waals surface area (Å²) in [6, 6.07) is 1.72. The van der Waals surface area contributed by atoms with Crippen LogP contribution in [0.15, 0.2) is 6.07 Å². The number of halogens is 1. The molecular formula is C10H17ClN4O. The number of nitrogens with one attached hydrogen (secondary N) is 2. The Morgan fingerprint density at radius 3 is 2.81 bits per heavy atom. The number of rotatable bonds is 3. The average molecular weight is 245 g/mol. The van der Waals surface area contributed by atoms with Crippen molar-refractivity contribution in [3.63, 3.8) is 0 Å². The van der Waals surface area contributed by atoms with Crippen LogP contribution >= 0.6 is 12.4 Å². The van der Waals surface area contributed by atoms with Gasteiger partial charge in [0.25, 0.3) is 5.91 Å². The third-order valence-electron chi connectivity index (χ3n) is 2.89. The van der Waals surface area contributed by atoms with Gasteiger partial charge in [0.1, 0.15) is 5.69 Å². The van der Waals surface area contributed by atoms with Crippen LogP contribution in [-0.2, 0) is 0 Å². The Bertz CT molecular complexity index is 373. The molecule has 0 bridgehead atoms. The summed E-state index contributed by atoms with van der Waals surface area (Å²) in [4.78, 5) is 11.6. The Balaban J connectivity index is 0.00000128. The van der Waals surface area contributed by atoms with Gasteiger partial charge in [-0.25, -0.2) is 0 Å². The molecule has 1 amide bonds. The lowest BCUT2D eigenvalue weighted by atomic mass is 9.78. The number of aryl methyl sites for hydroxylation is 1. The normalized spacial score (nSPS) is 17.1. The Morgan fingerprint density at radius 2 is 2.38 bits per heavy atom. The number of nitrogens with zero attached hydrogens (tertiary/aromatic N) is 1. The van der Waals surface area contributed by atoms with Crippen LogP contribution in [0.25, 0.3) is 0 Å². The summed E-state index contributed by atoms with van der Waals surface area (Å²) < 4.78 is 0. The van der Waals surface area contributed by atoms with E-state index in [1.807, 2.05) is 6.92 Å². The fourth-order valence-corrected chi connectivity index (χ4v) is 1.69. The van der Waals surface area contributed by atoms with Crippen LogP contribution in [0.1, 0.15) is 35.4 Å². The topological polar surface area (TPSA) is 83.8 Å². The zero-order chi connectivity index (χ0) is 10.9. The molecule has 1 saturated carbocycles. The van der Waals surface area contributed by atoms with E-state index in [2.05, 4.69) is 15.5 Å². The van der Waals surface area contributed by atoms with Crippen molar-refractivity contribution in [2.75, 3.05) is 6.54 Å². The van der Waals surface area contributed by atoms with E-state index < -0.39 is 0 Å². The van der Waals surface area contributed by atoms with Crippen LogP contribution in [-0.4, -0.2) is 28.2 Å². The molecule has 0 atom stereocenters. The van der Waals surface area contributed by atoms with Crippen LogP contribution in [0.5, 0.6) is 0 Å². The van der Waals surface area contributed by atoms with E-state index in [-0.39, 0.29) is 23.9 Å². The second-order valence-corrected chi connectivity index (χ2v) is 4.33. The fraction of sp³-hybridized carbons (Fsp3) is 0.600. The molecule has 1 fully saturated rings. The van der Waals surface area contributed by atoms with Gasteiger partial charge in [0.05, 0.1) is 0 Å². The lowest BCUT2D eigenvalue weighted by Crippen LogP contribution is -2.54. The second kappa shape index (κ2) is 4.84. The molecule has 0 radical (unpaired) electrons. The lowest BCUT2D eigenvalue weighted by molar-refractivity contribution is 0.0925. The number of H-pyrrole nitrogens is 1. The Hall–Kier alpha value is -1.07. The molecule has 1 aliphatic rings. The van der Waals surface area contributed by atoms with Crippen molar-refractivity contribution < 1.29 is 4.79 Å². The van der Waals surface area contributed by atoms with E-state index in [1.165, 1.54) is 0 Å². The Labute approximate surface area is 101 Å². The summed E-state index contributed by atoms with van der Waals surface area (Å²) in [5.41, 5.74) is 7.12. The number of carbonyl (C=O) groups is 1. The largest absolute Gasteiger partial charge is 0.349 e. The Kier molecular flexibility index (Phi) is 3.93. The minimum Gasteiger partial charge on any atom is -0.349 e. The highest BCUT2D eigenvalue weighted by atomic mass is 35.5. The molecule has 0 aromatic carbocycles. The van der Waals surface area contributed by atoms with Gasteiger partial charge in [0, 0.05) is 17.8 Å². The SMILES string of the molecule is Cc1cc(C(=O)NCC2(N)CCC2)n[nH]1.Cl. The molecule has 1 heterocycles. The van der Waals surface area contributed by atoms with Crippen molar-refractivity contribution >= 4 is 18.3 Å². The number of hydrogen-bond donors (Lipinski definition) is 3. The van der Waals surface area contributed by atoms with Gasteiger partial charge in [-0.1, -0.05) is 0 Å². The molecule has 5 nitrogen and oxygen atoms in total. The van der Waals surface area contributed by atoms with Crippen molar-refractivity contribution in [3.05, 3.63) is 17.5 Å². The highest BCUT2D eigenvalue weighted by Gasteiger charge is 2.32. The number of carbonyl (C=O) groups excluding carboxylic acids is 1. The van der Waals surface area contributed by atoms with Crippen molar-refractivity contribution in [1.82, 2.24) is 15.5 Å². The lowest BCUT2D eigenvalue weighted by Gasteiger charge is -2.37. The van der Waals surface area contributed by atoms with Crippen LogP contribution < -0.4 is 11.1 Å². The van der Waals surface area contributed by atoms with E-state index in [4.69, 9.17) is 5.73 Å². The van der Waals surface area contributed by atoms with Gasteiger partial charge in [-0.3, -0.25) is 9.89 Å². The van der Waals surface area contributed by atoms with Crippen LogP contribution in [0.4, 0.5) is 0 Å². The van der Waals surface area contributed by atoms with Crippen molar-refractivity contribution in [2.24, 2.45) is 5.73 Å². The van der Waals surface area contributed by atoms with E-state index >= 15 is 0 Å². The predicted octanol–water partition coefficient (Wildman–Crippen LogP) is 0.751. The molecule has 16 heavy (non-hydrogen) atoms. The number of amides is 1. The first-order valence-corrected chi connectivity index (χ1v) is 5.18. The van der Waals surface area contributed by atoms with Crippen LogP contribution in [0, 0.1) is 6.92 Å². The van der Waals surface area contributed by atoms with E-state index in [9.17, 15) is 4.79 Å². The van der Waals surface area contributed by atoms with Crippen molar-refractivity contribution in [1.29, 1.82) is 0 Å². The van der Waals surface area contributed by atoms with Gasteiger partial charge in [0.2, 0.25) is 0 Å². The summed E-state index contributed by atoms with van der Waals surface area (Å²) in [5.74, 6) is -0.156. The number of aromatic nitrogens is 2. The molecule has 2 rings (SSSR count). The number of hydrogen-bond acceptors (Lipinski definition) is 3. The summed E-state index contributed by atoms with van der Waals surface area (Å²) >= 11 is 0. The predicted molar refractivity (Wildman–Crippen MR) is 63.7 cm³/mol. The minimum absolute atomic E-state index is 0. The van der Waals surface area contributed by atoms with Crippen molar-refractivity contribution in [2.45, 2.75) is 31.7 Å². The van der Waals surface area contributed by atoms with Crippen molar-refractivity contribution in [3.8, 4) is 0 Å². The zero-order valence-corrected chi connectivity index (χ0v) is 10.1. The molecule has 90 valence electrons. The second-order valence-electron chi connectivity index (χ2n) is 4.33. The molecule has 0 unspecified atom stereocenters. The van der Waals surface area contributed by atoms with Gasteiger partial charge in [-0.2, -0.15) is 5.10 Å². The first kappa shape index (κ1) is 13.0. The van der Waals surface area contributed by atoms with Gasteiger partial charge >= 0.3 is 0 Å². The standard InChI is InChI=1S/C10H16N4O.ClH/c1-7-5-8(14-13-7)9(15)12-6-10(11)3-2-4-10;/h5H,2-4,6,11H2,1H3,(H,12,15)(H,13,14);1H. The first-order chi connectivity index (χ1) is 7.09. The van der Waals surface area contributed by atoms with Gasteiger partial charge < -0.3 is 11.1 Å². The molecule has 6 heteroatoms. The minimum atomic E-state index is -0.180. The summed E-state index contributed by atoms with van der Waals surface area (Å²) in [6.45, 7) is 2.40. The first-order valence-electron chi connectivity index (χ1n) is 5.18. The summed E-state index contributed by atoms with van der Waals surface area (Å²) in [6.07, 6.45) is 3.15. The molecule has 4 N–H and O–H groups in total. The van der Waals surface area contributed by atoms with Gasteiger partial charge in [-0.05, 0) is 32.3 Å². The van der Waals surface area contributed by atoms with Gasteiger partial charge in [-0.15, -0.1) is 12.4 Å². The highest BCUT2D eigenvalue weighted by Crippen LogP contribution is 2.28. The third kappa shape index (κ3) is 2.74. The third-order valence-corrected chi connectivity index (χ3v) is 2.89. The average Bonchev–Trinajstić information content (AvgIpc) is 2.58. The van der Waals surface area contributed by atoms with Crippen LogP contribution in [0.3, 0.4) is 0 Å². The molecule has 1 aromatic rings. The summed E-state index contributed by atoms with van der Waals surface area (Å²) in [5, 5.41) is 9.42. The molecule has 1 aliphatic carbocycles. The molecule has 1 aromatic heterocycles. The van der Waals surface area contributed by atoms with E-state index in [1.54, 1.807) is 6.07 Å². The molecule has 0 aliphatic heterocycles. The summed E-state index contributed by atoms with van der Waals surface area (Å²) in [7, 11) is 0. The fourth-order valence-electron chi connectivity index (χ4n) is 1.69. The smallest absolute Gasteiger partial charge is 0.271 e. The number of nitrogens with two attached hydrogens (primary N) is 1. The molecule has 0 saturated heterocycles. The highest BCUT2D eigenvalue weighted by molar-refractivity contribution is 5.92. The van der Waals surface area contributed by atoms with Crippen LogP contribution in [0.2, 0.25) is 0 Å². The quantitative estimate of drug-likeness (QED) is 0.734. The van der Waals surface area contributed by atoms with E-state index in [0.717, 1.165) is 25.0 Å².